The second-order valence-electron chi connectivity index (χ2n) is 9.21. The lowest BCUT2D eigenvalue weighted by Crippen LogP contribution is -2.30. The predicted octanol–water partition coefficient (Wildman–Crippen LogP) is 7.80. The molecule has 0 aromatic heterocycles. The van der Waals surface area contributed by atoms with Crippen LogP contribution in [-0.2, 0) is 6.42 Å². The Morgan fingerprint density at radius 2 is 1.53 bits per heavy atom. The smallest absolute Gasteiger partial charge is 0.165 e. The van der Waals surface area contributed by atoms with E-state index in [9.17, 15) is 13.2 Å². The van der Waals surface area contributed by atoms with Crippen molar-refractivity contribution in [3.63, 3.8) is 0 Å². The summed E-state index contributed by atoms with van der Waals surface area (Å²) in [7, 11) is 1.44. The average Bonchev–Trinajstić information content (AvgIpc) is 2.81. The molecule has 32 heavy (non-hydrogen) atoms. The molecule has 170 valence electrons. The molecule has 2 atom stereocenters. The molecule has 1 nitrogen and oxygen atoms in total. The summed E-state index contributed by atoms with van der Waals surface area (Å²) >= 11 is 0. The summed E-state index contributed by atoms with van der Waals surface area (Å²) in [5.41, 5.74) is 3.90. The molecule has 2 unspecified atom stereocenters. The molecule has 0 spiro atoms. The molecule has 0 amide bonds. The molecule has 0 saturated heterocycles. The number of hydrogen-bond donors (Lipinski definition) is 0. The van der Waals surface area contributed by atoms with Crippen LogP contribution < -0.4 is 4.74 Å². The standard InChI is InChI=1S/C28H31F3O/c1-18-3-8-21(9-4-18)24-15-13-22(27(30)28(24)31)12-7-19-5-10-20(11-6-19)23-14-16-26(32-2)25(29)17-23/h5-6,10-11,13-18,21,27-28H,3-4,7-9,12H2,1-2H3. The monoisotopic (exact) mass is 440 g/mol. The molecule has 4 heteroatoms. The summed E-state index contributed by atoms with van der Waals surface area (Å²) in [5, 5.41) is 0. The van der Waals surface area contributed by atoms with Gasteiger partial charge in [0.2, 0.25) is 0 Å². The fraction of sp³-hybridized carbons (Fsp3) is 0.429. The van der Waals surface area contributed by atoms with E-state index in [1.807, 2.05) is 42.5 Å². The lowest BCUT2D eigenvalue weighted by atomic mass is 9.75. The molecular weight excluding hydrogens is 409 g/mol. The van der Waals surface area contributed by atoms with Gasteiger partial charge in [-0.2, -0.15) is 0 Å². The van der Waals surface area contributed by atoms with E-state index >= 15 is 0 Å². The van der Waals surface area contributed by atoms with Gasteiger partial charge in [-0.15, -0.1) is 0 Å². The largest absolute Gasteiger partial charge is 0.494 e. The van der Waals surface area contributed by atoms with E-state index in [-0.39, 0.29) is 11.7 Å². The quantitative estimate of drug-likeness (QED) is 0.445. The normalized spacial score (nSPS) is 25.8. The van der Waals surface area contributed by atoms with Crippen molar-refractivity contribution >= 4 is 0 Å². The van der Waals surface area contributed by atoms with Gasteiger partial charge in [-0.05, 0) is 77.5 Å². The first kappa shape index (κ1) is 22.7. The summed E-state index contributed by atoms with van der Waals surface area (Å²) in [6.45, 7) is 2.23. The first-order valence-corrected chi connectivity index (χ1v) is 11.6. The number of allylic oxidation sites excluding steroid dienone is 4. The molecule has 1 saturated carbocycles. The average molecular weight is 441 g/mol. The summed E-state index contributed by atoms with van der Waals surface area (Å²) in [6, 6.07) is 12.7. The third-order valence-corrected chi connectivity index (χ3v) is 7.05. The Bertz CT molecular complexity index is 984. The molecule has 2 aliphatic rings. The Morgan fingerprint density at radius 3 is 2.19 bits per heavy atom. The van der Waals surface area contributed by atoms with Crippen LogP contribution in [0.1, 0.15) is 44.6 Å². The number of methoxy groups -OCH3 is 1. The van der Waals surface area contributed by atoms with Gasteiger partial charge in [-0.1, -0.05) is 62.2 Å². The summed E-state index contributed by atoms with van der Waals surface area (Å²) in [4.78, 5) is 0. The Labute approximate surface area is 189 Å². The lowest BCUT2D eigenvalue weighted by Gasteiger charge is -2.32. The van der Waals surface area contributed by atoms with Crippen molar-refractivity contribution in [2.24, 2.45) is 11.8 Å². The maximum Gasteiger partial charge on any atom is 0.165 e. The van der Waals surface area contributed by atoms with Crippen LogP contribution in [0.2, 0.25) is 0 Å². The van der Waals surface area contributed by atoms with Crippen molar-refractivity contribution in [2.45, 2.75) is 57.8 Å². The zero-order valence-corrected chi connectivity index (χ0v) is 18.8. The predicted molar refractivity (Wildman–Crippen MR) is 124 cm³/mol. The van der Waals surface area contributed by atoms with Crippen LogP contribution in [0.5, 0.6) is 5.75 Å². The van der Waals surface area contributed by atoms with Crippen molar-refractivity contribution < 1.29 is 17.9 Å². The topological polar surface area (TPSA) is 9.23 Å². The van der Waals surface area contributed by atoms with Gasteiger partial charge in [0.15, 0.2) is 23.9 Å². The molecule has 2 aromatic rings. The molecule has 0 radical (unpaired) electrons. The fourth-order valence-corrected chi connectivity index (χ4v) is 4.92. The van der Waals surface area contributed by atoms with Crippen LogP contribution in [-0.4, -0.2) is 19.5 Å². The molecule has 4 rings (SSSR count). The number of alkyl halides is 2. The van der Waals surface area contributed by atoms with E-state index in [1.54, 1.807) is 6.07 Å². The lowest BCUT2D eigenvalue weighted by molar-refractivity contribution is 0.192. The van der Waals surface area contributed by atoms with Crippen LogP contribution in [0.25, 0.3) is 11.1 Å². The third-order valence-electron chi connectivity index (χ3n) is 7.05. The minimum absolute atomic E-state index is 0.188. The fourth-order valence-electron chi connectivity index (χ4n) is 4.92. The minimum Gasteiger partial charge on any atom is -0.494 e. The number of halogens is 3. The van der Waals surface area contributed by atoms with Gasteiger partial charge in [0, 0.05) is 0 Å². The minimum atomic E-state index is -1.55. The van der Waals surface area contributed by atoms with Gasteiger partial charge in [-0.3, -0.25) is 0 Å². The van der Waals surface area contributed by atoms with Crippen LogP contribution in [0.4, 0.5) is 13.2 Å². The Morgan fingerprint density at radius 1 is 0.844 bits per heavy atom. The number of rotatable bonds is 6. The van der Waals surface area contributed by atoms with Crippen LogP contribution in [0, 0.1) is 17.7 Å². The summed E-state index contributed by atoms with van der Waals surface area (Å²) in [5.74, 6) is 0.694. The first-order chi connectivity index (χ1) is 15.5. The number of aryl methyl sites for hydroxylation is 1. The van der Waals surface area contributed by atoms with Gasteiger partial charge in [0.1, 0.15) is 0 Å². The molecule has 2 aliphatic carbocycles. The maximum atomic E-state index is 14.9. The summed E-state index contributed by atoms with van der Waals surface area (Å²) < 4.78 is 48.7. The van der Waals surface area contributed by atoms with E-state index in [0.29, 0.717) is 29.9 Å². The highest BCUT2D eigenvalue weighted by atomic mass is 19.2. The van der Waals surface area contributed by atoms with E-state index < -0.39 is 18.2 Å². The molecular formula is C28H31F3O. The summed E-state index contributed by atoms with van der Waals surface area (Å²) in [6.07, 6.45) is 5.85. The van der Waals surface area contributed by atoms with Crippen molar-refractivity contribution in [1.29, 1.82) is 0 Å². The highest BCUT2D eigenvalue weighted by molar-refractivity contribution is 5.64. The number of benzene rings is 2. The van der Waals surface area contributed by atoms with Crippen LogP contribution >= 0.6 is 0 Å². The third kappa shape index (κ3) is 4.95. The Hall–Kier alpha value is -2.49. The molecule has 0 bridgehead atoms. The number of hydrogen-bond acceptors (Lipinski definition) is 1. The van der Waals surface area contributed by atoms with Gasteiger partial charge in [0.05, 0.1) is 7.11 Å². The van der Waals surface area contributed by atoms with Gasteiger partial charge < -0.3 is 4.74 Å². The second kappa shape index (κ2) is 9.97. The zero-order chi connectivity index (χ0) is 22.7. The van der Waals surface area contributed by atoms with Gasteiger partial charge in [-0.25, -0.2) is 13.2 Å². The van der Waals surface area contributed by atoms with Gasteiger partial charge in [0.25, 0.3) is 0 Å². The van der Waals surface area contributed by atoms with Crippen LogP contribution in [0.15, 0.2) is 65.8 Å². The maximum absolute atomic E-state index is 14.9. The van der Waals surface area contributed by atoms with Crippen molar-refractivity contribution in [2.75, 3.05) is 7.11 Å². The van der Waals surface area contributed by atoms with Crippen molar-refractivity contribution in [3.8, 4) is 16.9 Å². The molecule has 0 heterocycles. The molecule has 1 fully saturated rings. The highest BCUT2D eigenvalue weighted by Gasteiger charge is 2.35. The van der Waals surface area contributed by atoms with E-state index in [0.717, 1.165) is 42.4 Å². The molecule has 0 N–H and O–H groups in total. The van der Waals surface area contributed by atoms with E-state index in [2.05, 4.69) is 6.92 Å². The highest BCUT2D eigenvalue weighted by Crippen LogP contribution is 2.39. The molecule has 2 aromatic carbocycles. The number of ether oxygens (including phenoxy) is 1. The van der Waals surface area contributed by atoms with E-state index in [4.69, 9.17) is 4.74 Å². The Balaban J connectivity index is 1.39. The molecule has 0 aliphatic heterocycles. The zero-order valence-electron chi connectivity index (χ0n) is 18.8. The SMILES string of the molecule is COc1ccc(-c2ccc(CCC3=CC=C(C4CCC(C)CC4)C(F)C3F)cc2)cc1F. The second-order valence-corrected chi connectivity index (χ2v) is 9.21. The van der Waals surface area contributed by atoms with Crippen molar-refractivity contribution in [1.82, 2.24) is 0 Å². The van der Waals surface area contributed by atoms with Gasteiger partial charge >= 0.3 is 0 Å². The Kier molecular flexibility index (Phi) is 7.07. The van der Waals surface area contributed by atoms with E-state index in [1.165, 1.54) is 13.2 Å². The van der Waals surface area contributed by atoms with Crippen molar-refractivity contribution in [3.05, 3.63) is 77.1 Å². The van der Waals surface area contributed by atoms with Crippen LogP contribution in [0.3, 0.4) is 0 Å². The first-order valence-electron chi connectivity index (χ1n) is 11.6.